The minimum atomic E-state index is -0.261. The smallest absolute Gasteiger partial charge is 0.241 e. The second-order valence-corrected chi connectivity index (χ2v) is 6.53. The lowest BCUT2D eigenvalue weighted by Gasteiger charge is -2.25. The van der Waals surface area contributed by atoms with Crippen molar-refractivity contribution in [2.75, 3.05) is 20.6 Å². The van der Waals surface area contributed by atoms with Crippen LogP contribution in [0.1, 0.15) is 40.5 Å². The minimum absolute atomic E-state index is 0.0509. The number of amides is 1. The number of aryl methyl sites for hydroxylation is 3. The number of carbonyl (C=O) groups is 1. The minimum Gasteiger partial charge on any atom is -0.354 e. The van der Waals surface area contributed by atoms with Crippen molar-refractivity contribution >= 4 is 5.91 Å². The lowest BCUT2D eigenvalue weighted by Crippen LogP contribution is -2.38. The van der Waals surface area contributed by atoms with E-state index in [0.717, 1.165) is 35.4 Å². The highest BCUT2D eigenvalue weighted by Gasteiger charge is 2.23. The molecule has 0 saturated heterocycles. The highest BCUT2D eigenvalue weighted by Crippen LogP contribution is 2.22. The first-order chi connectivity index (χ1) is 11.4. The molecular formula is C19H28N4O. The second kappa shape index (κ2) is 8.11. The molecule has 2 N–H and O–H groups in total. The number of hydrogen-bond donors (Lipinski definition) is 2. The number of nitrogens with one attached hydrogen (secondary N) is 2. The maximum Gasteiger partial charge on any atom is 0.241 e. The third kappa shape index (κ3) is 4.23. The number of benzene rings is 1. The van der Waals surface area contributed by atoms with E-state index in [-0.39, 0.29) is 11.9 Å². The zero-order chi connectivity index (χ0) is 17.7. The Kier molecular flexibility index (Phi) is 6.15. The van der Waals surface area contributed by atoms with Gasteiger partial charge < -0.3 is 5.32 Å². The Morgan fingerprint density at radius 2 is 1.96 bits per heavy atom. The molecule has 0 aliphatic heterocycles. The molecule has 1 heterocycles. The predicted molar refractivity (Wildman–Crippen MR) is 97.0 cm³/mol. The molecular weight excluding hydrogens is 300 g/mol. The third-order valence-corrected chi connectivity index (χ3v) is 4.43. The van der Waals surface area contributed by atoms with Crippen molar-refractivity contribution < 1.29 is 4.79 Å². The van der Waals surface area contributed by atoms with Crippen molar-refractivity contribution in [2.45, 2.75) is 39.7 Å². The van der Waals surface area contributed by atoms with Crippen LogP contribution in [0, 0.1) is 20.8 Å². The van der Waals surface area contributed by atoms with Crippen LogP contribution in [0.5, 0.6) is 0 Å². The number of hydrogen-bond acceptors (Lipinski definition) is 3. The van der Waals surface area contributed by atoms with Crippen LogP contribution >= 0.6 is 0 Å². The highest BCUT2D eigenvalue weighted by atomic mass is 16.2. The van der Waals surface area contributed by atoms with Crippen molar-refractivity contribution in [3.05, 3.63) is 52.3 Å². The summed E-state index contributed by atoms with van der Waals surface area (Å²) < 4.78 is 0. The van der Waals surface area contributed by atoms with Crippen LogP contribution in [0.25, 0.3) is 0 Å². The first kappa shape index (κ1) is 18.2. The van der Waals surface area contributed by atoms with E-state index >= 15 is 0 Å². The molecule has 2 aromatic rings. The molecule has 0 aliphatic rings. The van der Waals surface area contributed by atoms with Crippen LogP contribution < -0.4 is 5.32 Å². The molecule has 2 rings (SSSR count). The molecule has 1 atom stereocenters. The third-order valence-electron chi connectivity index (χ3n) is 4.43. The molecule has 130 valence electrons. The zero-order valence-corrected chi connectivity index (χ0v) is 15.3. The summed E-state index contributed by atoms with van der Waals surface area (Å²) in [5.41, 5.74) is 5.61. The molecule has 0 saturated carbocycles. The van der Waals surface area contributed by atoms with E-state index in [1.165, 1.54) is 5.56 Å². The first-order valence-electron chi connectivity index (χ1n) is 8.42. The van der Waals surface area contributed by atoms with E-state index < -0.39 is 0 Å². The van der Waals surface area contributed by atoms with Gasteiger partial charge in [-0.1, -0.05) is 24.3 Å². The summed E-state index contributed by atoms with van der Waals surface area (Å²) >= 11 is 0. The lowest BCUT2D eigenvalue weighted by molar-refractivity contribution is -0.125. The first-order valence-corrected chi connectivity index (χ1v) is 8.42. The Hall–Kier alpha value is -2.14. The SMILES string of the molecule is Cc1ccccc1C(C(=O)NCCCc1c(C)n[nH]c1C)N(C)C. The summed E-state index contributed by atoms with van der Waals surface area (Å²) in [6, 6.07) is 7.79. The van der Waals surface area contributed by atoms with Gasteiger partial charge in [0.1, 0.15) is 6.04 Å². The van der Waals surface area contributed by atoms with Crippen LogP contribution in [-0.4, -0.2) is 41.6 Å². The molecule has 1 aromatic carbocycles. The van der Waals surface area contributed by atoms with Gasteiger partial charge in [-0.25, -0.2) is 0 Å². The standard InChI is InChI=1S/C19H28N4O/c1-13-9-6-7-10-16(13)18(23(4)5)19(24)20-12-8-11-17-14(2)21-22-15(17)3/h6-7,9-10,18H,8,11-12H2,1-5H3,(H,20,24)(H,21,22). The monoisotopic (exact) mass is 328 g/mol. The van der Waals surface area contributed by atoms with Crippen LogP contribution in [0.15, 0.2) is 24.3 Å². The fraction of sp³-hybridized carbons (Fsp3) is 0.474. The zero-order valence-electron chi connectivity index (χ0n) is 15.3. The Bertz CT molecular complexity index is 671. The van der Waals surface area contributed by atoms with Crippen molar-refractivity contribution in [2.24, 2.45) is 0 Å². The number of carbonyl (C=O) groups excluding carboxylic acids is 1. The number of aromatic nitrogens is 2. The van der Waals surface area contributed by atoms with Crippen molar-refractivity contribution in [1.82, 2.24) is 20.4 Å². The molecule has 24 heavy (non-hydrogen) atoms. The molecule has 5 nitrogen and oxygen atoms in total. The summed E-state index contributed by atoms with van der Waals surface area (Å²) in [5.74, 6) is 0.0509. The van der Waals surface area contributed by atoms with Gasteiger partial charge in [-0.15, -0.1) is 0 Å². The molecule has 1 amide bonds. The van der Waals surface area contributed by atoms with Crippen molar-refractivity contribution in [3.63, 3.8) is 0 Å². The van der Waals surface area contributed by atoms with E-state index in [1.807, 2.05) is 64.0 Å². The number of rotatable bonds is 7. The Morgan fingerprint density at radius 3 is 2.54 bits per heavy atom. The predicted octanol–water partition coefficient (Wildman–Crippen LogP) is 2.69. The maximum absolute atomic E-state index is 12.7. The van der Waals surface area contributed by atoms with Gasteiger partial charge in [0.15, 0.2) is 0 Å². The molecule has 1 aromatic heterocycles. The average molecular weight is 328 g/mol. The number of likely N-dealkylation sites (N-methyl/N-ethyl adjacent to an activating group) is 1. The van der Waals surface area contributed by atoms with Crippen LogP contribution in [0.2, 0.25) is 0 Å². The lowest BCUT2D eigenvalue weighted by atomic mass is 9.99. The number of nitrogens with zero attached hydrogens (tertiary/aromatic N) is 2. The summed E-state index contributed by atoms with van der Waals surface area (Å²) in [6.45, 7) is 6.76. The summed E-state index contributed by atoms with van der Waals surface area (Å²) in [7, 11) is 3.88. The summed E-state index contributed by atoms with van der Waals surface area (Å²) in [6.07, 6.45) is 1.83. The summed E-state index contributed by atoms with van der Waals surface area (Å²) in [5, 5.41) is 10.3. The largest absolute Gasteiger partial charge is 0.354 e. The summed E-state index contributed by atoms with van der Waals surface area (Å²) in [4.78, 5) is 14.6. The molecule has 5 heteroatoms. The van der Waals surface area contributed by atoms with Gasteiger partial charge in [0, 0.05) is 12.2 Å². The Morgan fingerprint density at radius 1 is 1.25 bits per heavy atom. The van der Waals surface area contributed by atoms with E-state index in [2.05, 4.69) is 15.5 Å². The van der Waals surface area contributed by atoms with Crippen molar-refractivity contribution in [3.8, 4) is 0 Å². The van der Waals surface area contributed by atoms with E-state index in [0.29, 0.717) is 6.54 Å². The topological polar surface area (TPSA) is 61.0 Å². The Labute approximate surface area is 144 Å². The quantitative estimate of drug-likeness (QED) is 0.768. The highest BCUT2D eigenvalue weighted by molar-refractivity contribution is 5.83. The molecule has 0 radical (unpaired) electrons. The van der Waals surface area contributed by atoms with Gasteiger partial charge in [-0.2, -0.15) is 5.10 Å². The van der Waals surface area contributed by atoms with E-state index in [9.17, 15) is 4.79 Å². The fourth-order valence-corrected chi connectivity index (χ4v) is 3.06. The van der Waals surface area contributed by atoms with Gasteiger partial charge in [-0.3, -0.25) is 14.8 Å². The molecule has 0 fully saturated rings. The van der Waals surface area contributed by atoms with Gasteiger partial charge in [0.25, 0.3) is 0 Å². The normalized spacial score (nSPS) is 12.4. The molecule has 0 bridgehead atoms. The molecule has 0 spiro atoms. The van der Waals surface area contributed by atoms with Crippen molar-refractivity contribution in [1.29, 1.82) is 0 Å². The Balaban J connectivity index is 1.93. The van der Waals surface area contributed by atoms with Gasteiger partial charge in [0.2, 0.25) is 5.91 Å². The van der Waals surface area contributed by atoms with Crippen LogP contribution in [-0.2, 0) is 11.2 Å². The number of H-pyrrole nitrogens is 1. The molecule has 0 aliphatic carbocycles. The fourth-order valence-electron chi connectivity index (χ4n) is 3.06. The van der Waals surface area contributed by atoms with Gasteiger partial charge >= 0.3 is 0 Å². The maximum atomic E-state index is 12.7. The van der Waals surface area contributed by atoms with E-state index in [4.69, 9.17) is 0 Å². The van der Waals surface area contributed by atoms with Crippen LogP contribution in [0.3, 0.4) is 0 Å². The number of aromatic amines is 1. The van der Waals surface area contributed by atoms with E-state index in [1.54, 1.807) is 0 Å². The van der Waals surface area contributed by atoms with Gasteiger partial charge in [0.05, 0.1) is 5.69 Å². The molecule has 1 unspecified atom stereocenters. The van der Waals surface area contributed by atoms with Gasteiger partial charge in [-0.05, 0) is 64.4 Å². The second-order valence-electron chi connectivity index (χ2n) is 6.53. The average Bonchev–Trinajstić information content (AvgIpc) is 2.85. The van der Waals surface area contributed by atoms with Crippen LogP contribution in [0.4, 0.5) is 0 Å².